The monoisotopic (exact) mass is 514 g/mol. The van der Waals surface area contributed by atoms with Crippen LogP contribution in [0.4, 0.5) is 26.0 Å². The van der Waals surface area contributed by atoms with Crippen LogP contribution in [0.1, 0.15) is 10.7 Å². The lowest BCUT2D eigenvalue weighted by Crippen LogP contribution is -2.15. The molecule has 14 heteroatoms. The van der Waals surface area contributed by atoms with Gasteiger partial charge in [-0.05, 0) is 38.1 Å². The molecule has 0 radical (unpaired) electrons. The number of aromatic nitrogens is 6. The van der Waals surface area contributed by atoms with E-state index in [1.165, 1.54) is 25.0 Å². The molecule has 2 N–H and O–H groups in total. The highest BCUT2D eigenvalue weighted by Crippen LogP contribution is 2.33. The molecule has 10 nitrogen and oxygen atoms in total. The molecule has 0 aliphatic heterocycles. The van der Waals surface area contributed by atoms with Gasteiger partial charge in [0.05, 0.1) is 28.3 Å². The van der Waals surface area contributed by atoms with Gasteiger partial charge >= 0.3 is 0 Å². The zero-order valence-corrected chi connectivity index (χ0v) is 19.8. The summed E-state index contributed by atoms with van der Waals surface area (Å²) < 4.78 is 59.5. The first-order chi connectivity index (χ1) is 16.7. The molecule has 4 aromatic heterocycles. The lowest BCUT2D eigenvalue weighted by Gasteiger charge is -2.15. The highest BCUT2D eigenvalue weighted by molar-refractivity contribution is 7.94. The lowest BCUT2D eigenvalue weighted by molar-refractivity contribution is 0.589. The maximum absolute atomic E-state index is 15.4. The third-order valence-electron chi connectivity index (χ3n) is 4.94. The first-order valence-corrected chi connectivity index (χ1v) is 12.3. The van der Waals surface area contributed by atoms with Crippen molar-refractivity contribution in [2.24, 2.45) is 0 Å². The lowest BCUT2D eigenvalue weighted by atomic mass is 10.2. The minimum absolute atomic E-state index is 0.0470. The standard InChI is InChI=1S/C21H16F2N8O2S2/c1-11-21(34-12(2)28-11)35(32,33)30-14-6-5-13(22)18(17(14)23)29-19-16(4-3-7-25-19)31-10-27-15-8-24-9-26-20(15)31/h3-10,30H,1-2H3,(H,25,29). The van der Waals surface area contributed by atoms with E-state index in [0.29, 0.717) is 21.9 Å². The van der Waals surface area contributed by atoms with Crippen molar-refractivity contribution >= 4 is 49.7 Å². The number of thiazole rings is 1. The molecule has 35 heavy (non-hydrogen) atoms. The predicted octanol–water partition coefficient (Wildman–Crippen LogP) is 4.11. The van der Waals surface area contributed by atoms with E-state index in [-0.39, 0.29) is 15.7 Å². The molecule has 0 aliphatic carbocycles. The van der Waals surface area contributed by atoms with Crippen LogP contribution < -0.4 is 10.0 Å². The molecule has 0 saturated heterocycles. The van der Waals surface area contributed by atoms with Crippen LogP contribution in [-0.2, 0) is 10.0 Å². The zero-order chi connectivity index (χ0) is 24.7. The fourth-order valence-electron chi connectivity index (χ4n) is 3.45. The van der Waals surface area contributed by atoms with E-state index in [2.05, 4.69) is 35.0 Å². The third kappa shape index (κ3) is 4.17. The van der Waals surface area contributed by atoms with Gasteiger partial charge in [-0.25, -0.2) is 42.1 Å². The number of hydrogen-bond donors (Lipinski definition) is 2. The fraction of sp³-hybridized carbons (Fsp3) is 0.0952. The van der Waals surface area contributed by atoms with Crippen molar-refractivity contribution in [3.05, 3.63) is 71.6 Å². The van der Waals surface area contributed by atoms with Gasteiger partial charge in [0.25, 0.3) is 10.0 Å². The van der Waals surface area contributed by atoms with E-state index in [1.807, 2.05) is 0 Å². The molecule has 5 rings (SSSR count). The second-order valence-electron chi connectivity index (χ2n) is 7.34. The third-order valence-corrected chi connectivity index (χ3v) is 7.99. The Hall–Kier alpha value is -4.04. The molecule has 0 atom stereocenters. The molecule has 178 valence electrons. The van der Waals surface area contributed by atoms with Gasteiger partial charge in [-0.1, -0.05) is 0 Å². The molecule has 0 fully saturated rings. The highest BCUT2D eigenvalue weighted by Gasteiger charge is 2.25. The van der Waals surface area contributed by atoms with Crippen LogP contribution in [0.15, 0.2) is 53.5 Å². The zero-order valence-electron chi connectivity index (χ0n) is 18.2. The summed E-state index contributed by atoms with van der Waals surface area (Å²) in [7, 11) is -4.14. The van der Waals surface area contributed by atoms with Crippen molar-refractivity contribution in [1.29, 1.82) is 0 Å². The summed E-state index contributed by atoms with van der Waals surface area (Å²) in [5, 5.41) is 3.19. The number of aryl methyl sites for hydroxylation is 2. The van der Waals surface area contributed by atoms with Gasteiger partial charge in [-0.3, -0.25) is 9.29 Å². The van der Waals surface area contributed by atoms with Crippen molar-refractivity contribution in [3.8, 4) is 5.69 Å². The van der Waals surface area contributed by atoms with Crippen LogP contribution >= 0.6 is 11.3 Å². The van der Waals surface area contributed by atoms with Gasteiger partial charge in [-0.2, -0.15) is 0 Å². The van der Waals surface area contributed by atoms with Crippen molar-refractivity contribution in [2.45, 2.75) is 18.1 Å². The second-order valence-corrected chi connectivity index (χ2v) is 10.4. The summed E-state index contributed by atoms with van der Waals surface area (Å²) >= 11 is 0.955. The van der Waals surface area contributed by atoms with Gasteiger partial charge in [-0.15, -0.1) is 11.3 Å². The Kier molecular flexibility index (Phi) is 5.61. The number of fused-ring (bicyclic) bond motifs is 1. The van der Waals surface area contributed by atoms with Crippen LogP contribution in [0.5, 0.6) is 0 Å². The number of nitrogens with zero attached hydrogens (tertiary/aromatic N) is 6. The summed E-state index contributed by atoms with van der Waals surface area (Å²) in [6.45, 7) is 3.20. The van der Waals surface area contributed by atoms with Crippen LogP contribution in [0, 0.1) is 25.5 Å². The number of hydrogen-bond acceptors (Lipinski definition) is 9. The van der Waals surface area contributed by atoms with E-state index < -0.39 is 33.0 Å². The Bertz CT molecular complexity index is 1680. The second kappa shape index (κ2) is 8.63. The molecular formula is C21H16F2N8O2S2. The number of benzene rings is 1. The number of pyridine rings is 1. The van der Waals surface area contributed by atoms with Gasteiger partial charge < -0.3 is 5.32 Å². The van der Waals surface area contributed by atoms with Crippen molar-refractivity contribution in [1.82, 2.24) is 29.5 Å². The summed E-state index contributed by atoms with van der Waals surface area (Å²) in [6, 6.07) is 5.27. The van der Waals surface area contributed by atoms with E-state index in [1.54, 1.807) is 30.5 Å². The highest BCUT2D eigenvalue weighted by atomic mass is 32.2. The maximum atomic E-state index is 15.4. The number of imidazole rings is 1. The molecule has 4 heterocycles. The average molecular weight is 515 g/mol. The molecule has 0 unspecified atom stereocenters. The number of anilines is 3. The minimum atomic E-state index is -4.14. The average Bonchev–Trinajstić information content (AvgIpc) is 3.41. The molecule has 0 amide bonds. The van der Waals surface area contributed by atoms with Crippen molar-refractivity contribution in [2.75, 3.05) is 10.0 Å². The Morgan fingerprint density at radius 3 is 2.69 bits per heavy atom. The Balaban J connectivity index is 1.53. The SMILES string of the molecule is Cc1nc(C)c(S(=O)(=O)Nc2ccc(F)c(Nc3ncccc3-n3cnc4cncnc43)c2F)s1. The molecular weight excluding hydrogens is 498 g/mol. The first kappa shape index (κ1) is 22.7. The summed E-state index contributed by atoms with van der Waals surface area (Å²) in [6.07, 6.45) is 5.81. The Morgan fingerprint density at radius 2 is 1.91 bits per heavy atom. The summed E-state index contributed by atoms with van der Waals surface area (Å²) in [5.41, 5.74) is 0.669. The molecule has 0 bridgehead atoms. The Morgan fingerprint density at radius 1 is 1.09 bits per heavy atom. The number of nitrogens with one attached hydrogen (secondary N) is 2. The summed E-state index contributed by atoms with van der Waals surface area (Å²) in [4.78, 5) is 20.6. The van der Waals surface area contributed by atoms with Crippen LogP contribution in [-0.4, -0.2) is 37.9 Å². The predicted molar refractivity (Wildman–Crippen MR) is 126 cm³/mol. The smallest absolute Gasteiger partial charge is 0.273 e. The Labute approximate surface area is 201 Å². The van der Waals surface area contributed by atoms with E-state index >= 15 is 4.39 Å². The van der Waals surface area contributed by atoms with E-state index in [4.69, 9.17) is 0 Å². The number of rotatable bonds is 6. The van der Waals surface area contributed by atoms with Crippen molar-refractivity contribution < 1.29 is 17.2 Å². The minimum Gasteiger partial charge on any atom is -0.334 e. The van der Waals surface area contributed by atoms with Crippen LogP contribution in [0.25, 0.3) is 16.9 Å². The van der Waals surface area contributed by atoms with Gasteiger partial charge in [0, 0.05) is 6.20 Å². The van der Waals surface area contributed by atoms with E-state index in [9.17, 15) is 12.8 Å². The topological polar surface area (TPSA) is 128 Å². The van der Waals surface area contributed by atoms with Gasteiger partial charge in [0.15, 0.2) is 21.5 Å². The van der Waals surface area contributed by atoms with E-state index in [0.717, 1.165) is 23.5 Å². The largest absolute Gasteiger partial charge is 0.334 e. The van der Waals surface area contributed by atoms with Crippen molar-refractivity contribution in [3.63, 3.8) is 0 Å². The van der Waals surface area contributed by atoms with Gasteiger partial charge in [0.1, 0.15) is 29.7 Å². The molecule has 5 aromatic rings. The fourth-order valence-corrected chi connectivity index (χ4v) is 5.99. The first-order valence-electron chi connectivity index (χ1n) is 10.0. The number of sulfonamides is 1. The molecule has 0 spiro atoms. The van der Waals surface area contributed by atoms with Crippen LogP contribution in [0.2, 0.25) is 0 Å². The van der Waals surface area contributed by atoms with Crippen LogP contribution in [0.3, 0.4) is 0 Å². The number of halogens is 2. The molecule has 0 saturated carbocycles. The maximum Gasteiger partial charge on any atom is 0.273 e. The normalized spacial score (nSPS) is 11.7. The molecule has 1 aromatic carbocycles. The summed E-state index contributed by atoms with van der Waals surface area (Å²) in [5.74, 6) is -1.98. The molecule has 0 aliphatic rings. The quantitative estimate of drug-likeness (QED) is 0.347. The van der Waals surface area contributed by atoms with Gasteiger partial charge in [0.2, 0.25) is 0 Å².